The first-order chi connectivity index (χ1) is 7.11. The van der Waals surface area contributed by atoms with Gasteiger partial charge in [-0.1, -0.05) is 0 Å². The maximum absolute atomic E-state index is 7.16. The van der Waals surface area contributed by atoms with E-state index in [4.69, 9.17) is 11.2 Å². The molecule has 0 spiro atoms. The minimum absolute atomic E-state index is 0.147. The summed E-state index contributed by atoms with van der Waals surface area (Å²) in [5, 5.41) is 1.64. The molecule has 0 aliphatic carbocycles. The Balaban J connectivity index is 3.39. The maximum atomic E-state index is 7.16. The van der Waals surface area contributed by atoms with E-state index in [2.05, 4.69) is 71.9 Å². The second-order valence-corrected chi connectivity index (χ2v) is 13.1. The van der Waals surface area contributed by atoms with Crippen molar-refractivity contribution in [1.29, 1.82) is 0 Å². The summed E-state index contributed by atoms with van der Waals surface area (Å²) >= 11 is 7.16. The molecule has 0 saturated carbocycles. The van der Waals surface area contributed by atoms with Crippen LogP contribution in [0.15, 0.2) is 30.3 Å². The number of hydrogen-bond donors (Lipinski definition) is 0. The summed E-state index contributed by atoms with van der Waals surface area (Å²) < 4.78 is 0. The normalized spacial score (nSPS) is 14.9. The van der Waals surface area contributed by atoms with Crippen LogP contribution in [0.2, 0.25) is 0 Å². The molecule has 92 valence electrons. The van der Waals surface area contributed by atoms with Crippen LogP contribution in [0, 0.1) is 0 Å². The summed E-state index contributed by atoms with van der Waals surface area (Å²) in [4.78, 5) is 0. The molecule has 0 heterocycles. The molecule has 0 unspecified atom stereocenters. The molecule has 0 radical (unpaired) electrons. The van der Waals surface area contributed by atoms with Crippen LogP contribution < -0.4 is 5.30 Å². The van der Waals surface area contributed by atoms with Crippen molar-refractivity contribution in [1.82, 2.24) is 0 Å². The second-order valence-electron chi connectivity index (χ2n) is 6.52. The molecule has 1 aromatic carbocycles. The molecule has 0 N–H and O–H groups in total. The van der Waals surface area contributed by atoms with Crippen LogP contribution >= 0.6 is 17.9 Å². The zero-order valence-corrected chi connectivity index (χ0v) is 13.0. The van der Waals surface area contributed by atoms with Gasteiger partial charge in [0.05, 0.1) is 0 Å². The first-order valence-corrected chi connectivity index (χ1v) is 8.86. The van der Waals surface area contributed by atoms with Crippen molar-refractivity contribution >= 4 is 23.2 Å². The van der Waals surface area contributed by atoms with Gasteiger partial charge in [0.15, 0.2) is 0 Å². The number of rotatable bonds is 1. The molecule has 0 amide bonds. The van der Waals surface area contributed by atoms with Gasteiger partial charge in [0, 0.05) is 0 Å². The van der Waals surface area contributed by atoms with Gasteiger partial charge in [-0.2, -0.15) is 0 Å². The zero-order valence-electron chi connectivity index (χ0n) is 11.3. The van der Waals surface area contributed by atoms with E-state index in [1.54, 1.807) is 0 Å². The molecule has 0 saturated heterocycles. The number of halogens is 1. The van der Waals surface area contributed by atoms with Crippen molar-refractivity contribution in [3.8, 4) is 0 Å². The second kappa shape index (κ2) is 4.31. The third kappa shape index (κ3) is 2.29. The van der Waals surface area contributed by atoms with Crippen LogP contribution in [0.3, 0.4) is 0 Å². The molecule has 0 bridgehead atoms. The summed E-state index contributed by atoms with van der Waals surface area (Å²) in [5.74, 6) is 0. The first kappa shape index (κ1) is 14.0. The van der Waals surface area contributed by atoms with Gasteiger partial charge in [-0.05, 0) is 0 Å². The average Bonchev–Trinajstić information content (AvgIpc) is 2.14. The van der Waals surface area contributed by atoms with Gasteiger partial charge < -0.3 is 0 Å². The Labute approximate surface area is 106 Å². The van der Waals surface area contributed by atoms with Crippen molar-refractivity contribution in [2.24, 2.45) is 0 Å². The van der Waals surface area contributed by atoms with Crippen LogP contribution in [0.25, 0.3) is 0 Å². The predicted molar refractivity (Wildman–Crippen MR) is 79.8 cm³/mol. The summed E-state index contributed by atoms with van der Waals surface area (Å²) in [6.07, 6.45) is 0. The zero-order chi connectivity index (χ0) is 12.6. The predicted octanol–water partition coefficient (Wildman–Crippen LogP) is 4.81. The minimum atomic E-state index is -2.06. The van der Waals surface area contributed by atoms with E-state index in [0.717, 1.165) is 0 Å². The number of hydrogen-bond acceptors (Lipinski definition) is 0. The SMILES string of the molecule is CC(C)(C)[PH](Cl)(c1ccccc1)C(C)(C)C. The Morgan fingerprint density at radius 1 is 0.812 bits per heavy atom. The summed E-state index contributed by atoms with van der Waals surface area (Å²) in [7, 11) is 0. The van der Waals surface area contributed by atoms with Gasteiger partial charge in [0.2, 0.25) is 0 Å². The van der Waals surface area contributed by atoms with E-state index in [0.29, 0.717) is 0 Å². The quantitative estimate of drug-likeness (QED) is 0.634. The summed E-state index contributed by atoms with van der Waals surface area (Å²) in [6.45, 7) is 11.6. The fourth-order valence-electron chi connectivity index (χ4n) is 2.66. The Morgan fingerprint density at radius 3 is 1.50 bits per heavy atom. The van der Waals surface area contributed by atoms with Crippen LogP contribution in [-0.4, -0.2) is 10.3 Å². The molecule has 1 rings (SSSR count). The molecular formula is C14H24ClP. The first-order valence-electron chi connectivity index (χ1n) is 5.85. The van der Waals surface area contributed by atoms with E-state index in [-0.39, 0.29) is 10.3 Å². The number of benzene rings is 1. The third-order valence-corrected chi connectivity index (χ3v) is 12.6. The Bertz CT molecular complexity index is 329. The molecule has 0 fully saturated rings. The molecule has 0 aliphatic rings. The Morgan fingerprint density at radius 2 is 1.19 bits per heavy atom. The van der Waals surface area contributed by atoms with Crippen LogP contribution in [0.5, 0.6) is 0 Å². The Kier molecular flexibility index (Phi) is 3.78. The van der Waals surface area contributed by atoms with Crippen molar-refractivity contribution in [3.05, 3.63) is 30.3 Å². The summed E-state index contributed by atoms with van der Waals surface area (Å²) in [6, 6.07) is 10.6. The summed E-state index contributed by atoms with van der Waals surface area (Å²) in [5.41, 5.74) is 0. The standard InChI is InChI=1S/C14H24ClP/c1-13(2,3)16(15,14(4,5)6)12-10-8-7-9-11-12/h7-11,16H,1-6H3. The van der Waals surface area contributed by atoms with Gasteiger partial charge in [-0.25, -0.2) is 0 Å². The third-order valence-electron chi connectivity index (χ3n) is 3.24. The van der Waals surface area contributed by atoms with Crippen LogP contribution in [-0.2, 0) is 0 Å². The molecule has 16 heavy (non-hydrogen) atoms. The van der Waals surface area contributed by atoms with E-state index < -0.39 is 6.62 Å². The fraction of sp³-hybridized carbons (Fsp3) is 0.571. The van der Waals surface area contributed by atoms with E-state index in [1.807, 2.05) is 0 Å². The van der Waals surface area contributed by atoms with Gasteiger partial charge >= 0.3 is 105 Å². The molecule has 0 aromatic heterocycles. The van der Waals surface area contributed by atoms with Gasteiger partial charge in [-0.15, -0.1) is 0 Å². The van der Waals surface area contributed by atoms with E-state index >= 15 is 0 Å². The van der Waals surface area contributed by atoms with Crippen molar-refractivity contribution < 1.29 is 0 Å². The van der Waals surface area contributed by atoms with E-state index in [1.165, 1.54) is 5.30 Å². The molecule has 0 aliphatic heterocycles. The topological polar surface area (TPSA) is 0 Å². The van der Waals surface area contributed by atoms with Crippen molar-refractivity contribution in [2.75, 3.05) is 0 Å². The fourth-order valence-corrected chi connectivity index (χ4v) is 7.67. The molecule has 2 heteroatoms. The van der Waals surface area contributed by atoms with Gasteiger partial charge in [0.25, 0.3) is 0 Å². The van der Waals surface area contributed by atoms with E-state index in [9.17, 15) is 0 Å². The average molecular weight is 259 g/mol. The monoisotopic (exact) mass is 258 g/mol. The van der Waals surface area contributed by atoms with Gasteiger partial charge in [0.1, 0.15) is 0 Å². The van der Waals surface area contributed by atoms with Gasteiger partial charge in [-0.3, -0.25) is 0 Å². The van der Waals surface area contributed by atoms with Crippen molar-refractivity contribution in [3.63, 3.8) is 0 Å². The van der Waals surface area contributed by atoms with Crippen LogP contribution in [0.4, 0.5) is 0 Å². The molecule has 1 aromatic rings. The molecule has 0 atom stereocenters. The molecule has 0 nitrogen and oxygen atoms in total. The Hall–Kier alpha value is -0.0600. The van der Waals surface area contributed by atoms with Crippen molar-refractivity contribution in [2.45, 2.75) is 51.9 Å². The van der Waals surface area contributed by atoms with Crippen LogP contribution in [0.1, 0.15) is 41.5 Å². The molecular weight excluding hydrogens is 235 g/mol.